The predicted molar refractivity (Wildman–Crippen MR) is 111 cm³/mol. The Balaban J connectivity index is 1.96. The third-order valence-electron chi connectivity index (χ3n) is 4.31. The van der Waals surface area contributed by atoms with Gasteiger partial charge in [0.25, 0.3) is 11.8 Å². The molecule has 0 aliphatic carbocycles. The summed E-state index contributed by atoms with van der Waals surface area (Å²) in [5.74, 6) is -2.83. The lowest BCUT2D eigenvalue weighted by atomic mass is 10.1. The Morgan fingerprint density at radius 1 is 1.16 bits per heavy atom. The van der Waals surface area contributed by atoms with E-state index in [1.54, 1.807) is 0 Å². The first-order chi connectivity index (χ1) is 15.2. The average molecular weight is 463 g/mol. The highest BCUT2D eigenvalue weighted by atomic mass is 35.5. The Kier molecular flexibility index (Phi) is 6.74. The van der Waals surface area contributed by atoms with Gasteiger partial charge in [-0.15, -0.1) is 0 Å². The van der Waals surface area contributed by atoms with Crippen LogP contribution in [0, 0.1) is 5.82 Å². The molecule has 0 spiro atoms. The standard InChI is InChI=1S/C21H16ClFN2O7/c1-30-16-9-11(8-15(22)18(16)32-10-17(26)31-2)7-14-19(27)24-21(29)25(20(14)28)13-5-3-12(23)4-6-13/h3-9H,10H2,1-2H3,(H,24,27,29)/b14-7+. The number of halogens is 2. The molecule has 1 N–H and O–H groups in total. The van der Waals surface area contributed by atoms with Crippen molar-refractivity contribution in [3.05, 3.63) is 58.4 Å². The topological polar surface area (TPSA) is 111 Å². The number of esters is 1. The molecule has 0 bridgehead atoms. The number of hydrogen-bond acceptors (Lipinski definition) is 7. The van der Waals surface area contributed by atoms with Crippen molar-refractivity contribution in [3.63, 3.8) is 0 Å². The van der Waals surface area contributed by atoms with Gasteiger partial charge in [0, 0.05) is 0 Å². The zero-order valence-corrected chi connectivity index (χ0v) is 17.6. The minimum atomic E-state index is -0.967. The number of carbonyl (C=O) groups excluding carboxylic acids is 4. The van der Waals surface area contributed by atoms with Gasteiger partial charge in [0.05, 0.1) is 24.9 Å². The molecule has 1 fully saturated rings. The molecule has 0 saturated carbocycles. The number of benzene rings is 2. The summed E-state index contributed by atoms with van der Waals surface area (Å²) in [4.78, 5) is 49.4. The lowest BCUT2D eigenvalue weighted by Crippen LogP contribution is -2.54. The van der Waals surface area contributed by atoms with Crippen molar-refractivity contribution in [1.82, 2.24) is 5.32 Å². The average Bonchev–Trinajstić information content (AvgIpc) is 2.76. The molecule has 2 aromatic carbocycles. The van der Waals surface area contributed by atoms with Crippen LogP contribution in [-0.4, -0.2) is 44.6 Å². The number of hydrogen-bond donors (Lipinski definition) is 1. The number of rotatable bonds is 6. The quantitative estimate of drug-likeness (QED) is 0.399. The lowest BCUT2D eigenvalue weighted by Gasteiger charge is -2.26. The first kappa shape index (κ1) is 22.8. The van der Waals surface area contributed by atoms with Crippen LogP contribution in [0.3, 0.4) is 0 Å². The van der Waals surface area contributed by atoms with Gasteiger partial charge in [-0.1, -0.05) is 11.6 Å². The largest absolute Gasteiger partial charge is 0.493 e. The van der Waals surface area contributed by atoms with Crippen LogP contribution in [0.2, 0.25) is 5.02 Å². The van der Waals surface area contributed by atoms with Gasteiger partial charge >= 0.3 is 12.0 Å². The second-order valence-electron chi connectivity index (χ2n) is 6.33. The fourth-order valence-electron chi connectivity index (χ4n) is 2.80. The molecule has 1 aliphatic rings. The van der Waals surface area contributed by atoms with E-state index in [4.69, 9.17) is 21.1 Å². The summed E-state index contributed by atoms with van der Waals surface area (Å²) in [6, 6.07) is 6.45. The zero-order chi connectivity index (χ0) is 23.4. The zero-order valence-electron chi connectivity index (χ0n) is 16.8. The van der Waals surface area contributed by atoms with Gasteiger partial charge in [-0.2, -0.15) is 0 Å². The van der Waals surface area contributed by atoms with E-state index in [0.717, 1.165) is 12.1 Å². The molecule has 3 rings (SSSR count). The predicted octanol–water partition coefficient (Wildman–Crippen LogP) is 2.71. The summed E-state index contributed by atoms with van der Waals surface area (Å²) in [5, 5.41) is 2.10. The Bertz CT molecular complexity index is 1130. The third kappa shape index (κ3) is 4.70. The summed E-state index contributed by atoms with van der Waals surface area (Å²) in [5.41, 5.74) is -0.00563. The van der Waals surface area contributed by atoms with Gasteiger partial charge in [0.1, 0.15) is 11.4 Å². The molecule has 0 atom stereocenters. The fourth-order valence-corrected chi connectivity index (χ4v) is 3.08. The number of imide groups is 2. The van der Waals surface area contributed by atoms with Crippen molar-refractivity contribution < 1.29 is 37.8 Å². The maximum absolute atomic E-state index is 13.2. The Morgan fingerprint density at radius 3 is 2.47 bits per heavy atom. The highest BCUT2D eigenvalue weighted by Gasteiger charge is 2.36. The van der Waals surface area contributed by atoms with Crippen LogP contribution in [0.25, 0.3) is 6.08 Å². The number of methoxy groups -OCH3 is 2. The molecule has 1 heterocycles. The van der Waals surface area contributed by atoms with E-state index in [1.807, 2.05) is 0 Å². The van der Waals surface area contributed by atoms with Crippen molar-refractivity contribution in [1.29, 1.82) is 0 Å². The summed E-state index contributed by atoms with van der Waals surface area (Å²) >= 11 is 6.22. The monoisotopic (exact) mass is 462 g/mol. The second-order valence-corrected chi connectivity index (χ2v) is 6.74. The molecule has 0 radical (unpaired) electrons. The highest BCUT2D eigenvalue weighted by Crippen LogP contribution is 2.37. The summed E-state index contributed by atoms with van der Waals surface area (Å²) < 4.78 is 28.2. The van der Waals surface area contributed by atoms with Crippen molar-refractivity contribution in [2.24, 2.45) is 0 Å². The van der Waals surface area contributed by atoms with Gasteiger partial charge in [-0.3, -0.25) is 14.9 Å². The van der Waals surface area contributed by atoms with E-state index in [0.29, 0.717) is 4.90 Å². The summed E-state index contributed by atoms with van der Waals surface area (Å²) in [7, 11) is 2.53. The number of barbiturate groups is 1. The summed E-state index contributed by atoms with van der Waals surface area (Å²) in [6.07, 6.45) is 1.21. The maximum Gasteiger partial charge on any atom is 0.343 e. The van der Waals surface area contributed by atoms with Crippen LogP contribution in [0.4, 0.5) is 14.9 Å². The Hall–Kier alpha value is -3.92. The number of nitrogens with one attached hydrogen (secondary N) is 1. The van der Waals surface area contributed by atoms with Crippen molar-refractivity contribution >= 4 is 47.2 Å². The minimum Gasteiger partial charge on any atom is -0.493 e. The molecule has 1 saturated heterocycles. The van der Waals surface area contributed by atoms with E-state index in [2.05, 4.69) is 10.1 Å². The van der Waals surface area contributed by atoms with Gasteiger partial charge in [-0.05, 0) is 48.0 Å². The van der Waals surface area contributed by atoms with E-state index < -0.39 is 36.2 Å². The van der Waals surface area contributed by atoms with Crippen LogP contribution in [0.15, 0.2) is 42.0 Å². The van der Waals surface area contributed by atoms with E-state index >= 15 is 0 Å². The van der Waals surface area contributed by atoms with E-state index in [1.165, 1.54) is 44.6 Å². The van der Waals surface area contributed by atoms with Gasteiger partial charge in [0.2, 0.25) is 0 Å². The molecule has 4 amide bonds. The van der Waals surface area contributed by atoms with Gasteiger partial charge < -0.3 is 14.2 Å². The van der Waals surface area contributed by atoms with Crippen LogP contribution in [0.1, 0.15) is 5.56 Å². The normalized spacial score (nSPS) is 14.9. The third-order valence-corrected chi connectivity index (χ3v) is 4.59. The van der Waals surface area contributed by atoms with Crippen LogP contribution in [-0.2, 0) is 19.1 Å². The molecule has 0 unspecified atom stereocenters. The fraction of sp³-hybridized carbons (Fsp3) is 0.143. The molecular formula is C21H16ClFN2O7. The molecule has 166 valence electrons. The number of ether oxygens (including phenoxy) is 3. The number of urea groups is 1. The number of carbonyl (C=O) groups is 4. The molecule has 0 aromatic heterocycles. The van der Waals surface area contributed by atoms with E-state index in [-0.39, 0.29) is 33.3 Å². The van der Waals surface area contributed by atoms with Crippen molar-refractivity contribution in [3.8, 4) is 11.5 Å². The van der Waals surface area contributed by atoms with Crippen LogP contribution < -0.4 is 19.7 Å². The second kappa shape index (κ2) is 9.48. The van der Waals surface area contributed by atoms with Crippen molar-refractivity contribution in [2.75, 3.05) is 25.7 Å². The smallest absolute Gasteiger partial charge is 0.343 e. The first-order valence-corrected chi connectivity index (χ1v) is 9.37. The van der Waals surface area contributed by atoms with E-state index in [9.17, 15) is 23.6 Å². The molecule has 32 heavy (non-hydrogen) atoms. The lowest BCUT2D eigenvalue weighted by molar-refractivity contribution is -0.143. The summed E-state index contributed by atoms with van der Waals surface area (Å²) in [6.45, 7) is -0.414. The number of nitrogens with zero attached hydrogens (tertiary/aromatic N) is 1. The molecule has 11 heteroatoms. The van der Waals surface area contributed by atoms with Crippen molar-refractivity contribution in [2.45, 2.75) is 0 Å². The SMILES string of the molecule is COC(=O)COc1c(Cl)cc(/C=C2\C(=O)NC(=O)N(c3ccc(F)cc3)C2=O)cc1OC. The number of anilines is 1. The molecule has 1 aliphatic heterocycles. The highest BCUT2D eigenvalue weighted by molar-refractivity contribution is 6.39. The van der Waals surface area contributed by atoms with Crippen LogP contribution in [0.5, 0.6) is 11.5 Å². The molecule has 9 nitrogen and oxygen atoms in total. The van der Waals surface area contributed by atoms with Crippen LogP contribution >= 0.6 is 11.6 Å². The number of amides is 4. The first-order valence-electron chi connectivity index (χ1n) is 8.99. The van der Waals surface area contributed by atoms with Gasteiger partial charge in [-0.25, -0.2) is 18.9 Å². The molecule has 2 aromatic rings. The van der Waals surface area contributed by atoms with Gasteiger partial charge in [0.15, 0.2) is 18.1 Å². The minimum absolute atomic E-state index is 0.0373. The molecular weight excluding hydrogens is 447 g/mol. The Labute approximate surface area is 186 Å². The Morgan fingerprint density at radius 2 is 1.84 bits per heavy atom. The maximum atomic E-state index is 13.2.